The fourth-order valence-electron chi connectivity index (χ4n) is 2.73. The molecule has 4 aromatic rings. The Morgan fingerprint density at radius 1 is 1.14 bits per heavy atom. The molecule has 0 unspecified atom stereocenters. The van der Waals surface area contributed by atoms with Crippen LogP contribution < -0.4 is 15.4 Å². The van der Waals surface area contributed by atoms with Crippen LogP contribution in [0, 0.1) is 0 Å². The van der Waals surface area contributed by atoms with Gasteiger partial charge >= 0.3 is 0 Å². The van der Waals surface area contributed by atoms with Crippen LogP contribution in [0.25, 0.3) is 20.8 Å². The van der Waals surface area contributed by atoms with Crippen LogP contribution in [-0.4, -0.2) is 22.2 Å². The first kappa shape index (κ1) is 18.3. The highest BCUT2D eigenvalue weighted by atomic mass is 32.1. The van der Waals surface area contributed by atoms with Crippen LogP contribution in [0.4, 0.5) is 5.69 Å². The van der Waals surface area contributed by atoms with Crippen molar-refractivity contribution in [2.75, 3.05) is 12.4 Å². The minimum Gasteiger partial charge on any atom is -0.497 e. The Labute approximate surface area is 172 Å². The SMILES string of the molecule is COc1ccc(CNC(=S)Nc2cccc(-c3nc4ccncc4s3)c2)cc1. The average Bonchev–Trinajstić information content (AvgIpc) is 3.17. The van der Waals surface area contributed by atoms with Crippen molar-refractivity contribution < 1.29 is 4.74 Å². The summed E-state index contributed by atoms with van der Waals surface area (Å²) >= 11 is 7.06. The van der Waals surface area contributed by atoms with Gasteiger partial charge < -0.3 is 15.4 Å². The monoisotopic (exact) mass is 406 g/mol. The van der Waals surface area contributed by atoms with Crippen molar-refractivity contribution in [3.8, 4) is 16.3 Å². The summed E-state index contributed by atoms with van der Waals surface area (Å²) in [7, 11) is 1.66. The van der Waals surface area contributed by atoms with E-state index in [2.05, 4.69) is 20.6 Å². The van der Waals surface area contributed by atoms with Crippen LogP contribution in [0.15, 0.2) is 67.0 Å². The van der Waals surface area contributed by atoms with E-state index in [1.165, 1.54) is 0 Å². The van der Waals surface area contributed by atoms with Gasteiger partial charge in [-0.25, -0.2) is 4.98 Å². The van der Waals surface area contributed by atoms with Crippen molar-refractivity contribution in [2.24, 2.45) is 0 Å². The molecule has 0 saturated carbocycles. The van der Waals surface area contributed by atoms with Crippen LogP contribution in [0.2, 0.25) is 0 Å². The third-order valence-corrected chi connectivity index (χ3v) is 5.47. The molecule has 2 aromatic carbocycles. The zero-order valence-corrected chi connectivity index (χ0v) is 16.8. The summed E-state index contributed by atoms with van der Waals surface area (Å²) in [4.78, 5) is 8.84. The number of hydrogen-bond acceptors (Lipinski definition) is 5. The van der Waals surface area contributed by atoms with Gasteiger partial charge in [-0.2, -0.15) is 0 Å². The fourth-order valence-corrected chi connectivity index (χ4v) is 3.85. The molecule has 0 aliphatic carbocycles. The number of benzene rings is 2. The molecule has 0 saturated heterocycles. The van der Waals surface area contributed by atoms with Crippen molar-refractivity contribution in [2.45, 2.75) is 6.54 Å². The van der Waals surface area contributed by atoms with Crippen molar-refractivity contribution in [1.82, 2.24) is 15.3 Å². The number of rotatable bonds is 5. The predicted octanol–water partition coefficient (Wildman–Crippen LogP) is 4.85. The lowest BCUT2D eigenvalue weighted by Crippen LogP contribution is -2.27. The number of nitrogens with one attached hydrogen (secondary N) is 2. The molecule has 0 fully saturated rings. The standard InChI is InChI=1S/C21H18N4OS2/c1-26-17-7-5-14(6-8-17)12-23-21(27)24-16-4-2-3-15(11-16)20-25-18-9-10-22-13-19(18)28-20/h2-11,13H,12H2,1H3,(H2,23,24,27). The van der Waals surface area contributed by atoms with Gasteiger partial charge in [0.15, 0.2) is 5.11 Å². The van der Waals surface area contributed by atoms with Crippen molar-refractivity contribution >= 4 is 44.6 Å². The third kappa shape index (κ3) is 4.27. The quantitative estimate of drug-likeness (QED) is 0.462. The number of hydrogen-bond donors (Lipinski definition) is 2. The van der Waals surface area contributed by atoms with Gasteiger partial charge in [-0.3, -0.25) is 4.98 Å². The number of aromatic nitrogens is 2. The minimum atomic E-state index is 0.571. The smallest absolute Gasteiger partial charge is 0.171 e. The van der Waals surface area contributed by atoms with Crippen LogP contribution in [0.3, 0.4) is 0 Å². The Balaban J connectivity index is 1.41. The Morgan fingerprint density at radius 2 is 2.00 bits per heavy atom. The number of nitrogens with zero attached hydrogens (tertiary/aromatic N) is 2. The Morgan fingerprint density at radius 3 is 2.79 bits per heavy atom. The van der Waals surface area contributed by atoms with Crippen LogP contribution >= 0.6 is 23.6 Å². The van der Waals surface area contributed by atoms with Gasteiger partial charge in [0.1, 0.15) is 10.8 Å². The summed E-state index contributed by atoms with van der Waals surface area (Å²) in [5.41, 5.74) is 4.05. The number of anilines is 1. The van der Waals surface area contributed by atoms with Gasteiger partial charge in [0.05, 0.1) is 17.3 Å². The van der Waals surface area contributed by atoms with E-state index < -0.39 is 0 Å². The largest absolute Gasteiger partial charge is 0.497 e. The fraction of sp³-hybridized carbons (Fsp3) is 0.0952. The lowest BCUT2D eigenvalue weighted by Gasteiger charge is -2.11. The molecule has 2 aromatic heterocycles. The molecular weight excluding hydrogens is 388 g/mol. The van der Waals surface area contributed by atoms with Crippen molar-refractivity contribution in [3.05, 3.63) is 72.6 Å². The molecule has 2 heterocycles. The Kier molecular flexibility index (Phi) is 5.45. The van der Waals surface area contributed by atoms with E-state index in [1.807, 2.05) is 60.8 Å². The third-order valence-electron chi connectivity index (χ3n) is 4.17. The number of pyridine rings is 1. The second kappa shape index (κ2) is 8.33. The molecule has 28 heavy (non-hydrogen) atoms. The second-order valence-electron chi connectivity index (χ2n) is 6.10. The average molecular weight is 407 g/mol. The highest BCUT2D eigenvalue weighted by molar-refractivity contribution is 7.80. The first-order valence-electron chi connectivity index (χ1n) is 8.70. The predicted molar refractivity (Wildman–Crippen MR) is 119 cm³/mol. The number of thiazole rings is 1. The Hall–Kier alpha value is -3.03. The summed E-state index contributed by atoms with van der Waals surface area (Å²) in [6.07, 6.45) is 3.60. The van der Waals surface area contributed by atoms with Crippen LogP contribution in [0.1, 0.15) is 5.56 Å². The molecule has 4 rings (SSSR count). The number of methoxy groups -OCH3 is 1. The lowest BCUT2D eigenvalue weighted by molar-refractivity contribution is 0.414. The van der Waals surface area contributed by atoms with E-state index in [0.717, 1.165) is 37.8 Å². The number of thiocarbonyl (C=S) groups is 1. The normalized spacial score (nSPS) is 10.6. The molecule has 0 bridgehead atoms. The molecule has 140 valence electrons. The zero-order valence-electron chi connectivity index (χ0n) is 15.2. The van der Waals surface area contributed by atoms with E-state index >= 15 is 0 Å². The molecule has 0 spiro atoms. The first-order chi connectivity index (χ1) is 13.7. The maximum atomic E-state index is 5.43. The summed E-state index contributed by atoms with van der Waals surface area (Å²) in [6, 6.07) is 17.9. The molecule has 0 radical (unpaired) electrons. The summed E-state index contributed by atoms with van der Waals surface area (Å²) < 4.78 is 6.25. The molecular formula is C21H18N4OS2. The highest BCUT2D eigenvalue weighted by Gasteiger charge is 2.07. The van der Waals surface area contributed by atoms with Gasteiger partial charge in [0.25, 0.3) is 0 Å². The molecule has 0 aliphatic rings. The van der Waals surface area contributed by atoms with Gasteiger partial charge in [-0.05, 0) is 48.1 Å². The number of ether oxygens (including phenoxy) is 1. The first-order valence-corrected chi connectivity index (χ1v) is 9.92. The van der Waals surface area contributed by atoms with E-state index in [4.69, 9.17) is 17.0 Å². The van der Waals surface area contributed by atoms with Gasteiger partial charge in [-0.1, -0.05) is 24.3 Å². The van der Waals surface area contributed by atoms with Crippen LogP contribution in [-0.2, 0) is 6.54 Å². The van der Waals surface area contributed by atoms with E-state index in [-0.39, 0.29) is 0 Å². The maximum absolute atomic E-state index is 5.43. The van der Waals surface area contributed by atoms with Crippen molar-refractivity contribution in [1.29, 1.82) is 0 Å². The lowest BCUT2D eigenvalue weighted by atomic mass is 10.2. The summed E-state index contributed by atoms with van der Waals surface area (Å²) in [5, 5.41) is 8.00. The van der Waals surface area contributed by atoms with Crippen LogP contribution in [0.5, 0.6) is 5.75 Å². The van der Waals surface area contributed by atoms with E-state index in [1.54, 1.807) is 24.6 Å². The van der Waals surface area contributed by atoms with Gasteiger partial charge in [0.2, 0.25) is 0 Å². The molecule has 2 N–H and O–H groups in total. The van der Waals surface area contributed by atoms with E-state index in [9.17, 15) is 0 Å². The minimum absolute atomic E-state index is 0.571. The maximum Gasteiger partial charge on any atom is 0.171 e. The van der Waals surface area contributed by atoms with E-state index in [0.29, 0.717) is 11.7 Å². The topological polar surface area (TPSA) is 59.1 Å². The van der Waals surface area contributed by atoms with Crippen molar-refractivity contribution in [3.63, 3.8) is 0 Å². The zero-order chi connectivity index (χ0) is 19.3. The number of fused-ring (bicyclic) bond motifs is 1. The summed E-state index contributed by atoms with van der Waals surface area (Å²) in [6.45, 7) is 0.639. The molecule has 0 atom stereocenters. The molecule has 5 nitrogen and oxygen atoms in total. The van der Waals surface area contributed by atoms with Gasteiger partial charge in [-0.15, -0.1) is 11.3 Å². The Bertz CT molecular complexity index is 1080. The summed E-state index contributed by atoms with van der Waals surface area (Å²) in [5.74, 6) is 0.840. The molecule has 0 aliphatic heterocycles. The van der Waals surface area contributed by atoms with Gasteiger partial charge in [0, 0.05) is 30.2 Å². The highest BCUT2D eigenvalue weighted by Crippen LogP contribution is 2.30. The molecule has 7 heteroatoms. The second-order valence-corrected chi connectivity index (χ2v) is 7.54. The molecule has 0 amide bonds.